The fraction of sp³-hybridized carbons (Fsp3) is 0.444. The predicted octanol–water partition coefficient (Wildman–Crippen LogP) is 2.70. The maximum atomic E-state index is 13.0. The second-order valence-corrected chi connectivity index (χ2v) is 6.51. The molecule has 2 aromatic rings. The van der Waals surface area contributed by atoms with E-state index in [9.17, 15) is 18.0 Å². The average Bonchev–Trinajstić information content (AvgIpc) is 2.60. The maximum absolute atomic E-state index is 13.0. The number of rotatable bonds is 5. The molecular weight excluding hydrogens is 345 g/mol. The molecule has 3 atom stereocenters. The van der Waals surface area contributed by atoms with Crippen molar-refractivity contribution in [3.05, 3.63) is 45.7 Å². The monoisotopic (exact) mass is 368 g/mol. The number of pyridine rings is 1. The molecule has 0 saturated carbocycles. The molecule has 1 unspecified atom stereocenters. The van der Waals surface area contributed by atoms with E-state index in [1.807, 2.05) is 0 Å². The predicted molar refractivity (Wildman–Crippen MR) is 97.3 cm³/mol. The van der Waals surface area contributed by atoms with Crippen molar-refractivity contribution in [3.8, 4) is 0 Å². The van der Waals surface area contributed by atoms with Gasteiger partial charge in [-0.05, 0) is 25.0 Å². The molecule has 1 aromatic heterocycles. The summed E-state index contributed by atoms with van der Waals surface area (Å²) in [5.41, 5.74) is 12.7. The topological polar surface area (TPSA) is 97.3 Å². The Morgan fingerprint density at radius 1 is 1.27 bits per heavy atom. The first-order valence-electron chi connectivity index (χ1n) is 8.30. The molecule has 2 rings (SSSR count). The minimum absolute atomic E-state index is 0.0259. The van der Waals surface area contributed by atoms with Gasteiger partial charge in [0.2, 0.25) is 0 Å². The van der Waals surface area contributed by atoms with Crippen molar-refractivity contribution in [1.82, 2.24) is 4.98 Å². The van der Waals surface area contributed by atoms with Crippen molar-refractivity contribution >= 4 is 16.7 Å². The molecule has 0 aliphatic rings. The number of H-pyrrole nitrogens is 1. The molecule has 1 aromatic carbocycles. The highest BCUT2D eigenvalue weighted by Crippen LogP contribution is 2.33. The molecule has 0 radical (unpaired) electrons. The van der Waals surface area contributed by atoms with Crippen molar-refractivity contribution in [2.45, 2.75) is 33.0 Å². The largest absolute Gasteiger partial charge is 0.391 e. The normalized spacial score (nSPS) is 16.5. The van der Waals surface area contributed by atoms with E-state index >= 15 is 0 Å². The van der Waals surface area contributed by atoms with Crippen LogP contribution in [0.3, 0.4) is 0 Å². The summed E-state index contributed by atoms with van der Waals surface area (Å²) >= 11 is 0. The number of hydrogen-bond donors (Lipinski definition) is 3. The molecule has 26 heavy (non-hydrogen) atoms. The van der Waals surface area contributed by atoms with E-state index in [4.69, 9.17) is 11.5 Å². The Hall–Kier alpha value is -2.35. The zero-order valence-corrected chi connectivity index (χ0v) is 14.9. The van der Waals surface area contributed by atoms with Gasteiger partial charge in [-0.15, -0.1) is 0 Å². The molecule has 0 aliphatic heterocycles. The number of aromatic nitrogens is 1. The van der Waals surface area contributed by atoms with Crippen LogP contribution >= 0.6 is 0 Å². The Bertz CT molecular complexity index is 873. The van der Waals surface area contributed by atoms with Crippen LogP contribution in [0.25, 0.3) is 10.9 Å². The van der Waals surface area contributed by atoms with E-state index in [-0.39, 0.29) is 17.8 Å². The fourth-order valence-electron chi connectivity index (χ4n) is 2.85. The number of hydrogen-bond acceptors (Lipinski definition) is 3. The minimum Gasteiger partial charge on any atom is -0.382 e. The first-order chi connectivity index (χ1) is 12.1. The molecule has 142 valence electrons. The van der Waals surface area contributed by atoms with Crippen molar-refractivity contribution in [1.29, 1.82) is 0 Å². The molecule has 0 aliphatic carbocycles. The van der Waals surface area contributed by atoms with E-state index in [0.717, 1.165) is 6.92 Å². The summed E-state index contributed by atoms with van der Waals surface area (Å²) in [6.07, 6.45) is -4.34. The Kier molecular flexibility index (Phi) is 5.75. The number of nitrogens with two attached hydrogens (primary N) is 2. The fourth-order valence-corrected chi connectivity index (χ4v) is 2.85. The van der Waals surface area contributed by atoms with Crippen molar-refractivity contribution < 1.29 is 13.2 Å². The van der Waals surface area contributed by atoms with E-state index in [1.54, 1.807) is 31.2 Å². The highest BCUT2D eigenvalue weighted by molar-refractivity contribution is 5.99. The average molecular weight is 368 g/mol. The van der Waals surface area contributed by atoms with E-state index < -0.39 is 24.1 Å². The molecule has 0 amide bonds. The van der Waals surface area contributed by atoms with Gasteiger partial charge in [0.15, 0.2) is 5.43 Å². The summed E-state index contributed by atoms with van der Waals surface area (Å²) in [4.78, 5) is 19.7. The lowest BCUT2D eigenvalue weighted by Crippen LogP contribution is -2.38. The number of para-hydroxylation sites is 1. The first kappa shape index (κ1) is 20.0. The van der Waals surface area contributed by atoms with Crippen LogP contribution in [0.5, 0.6) is 0 Å². The molecule has 8 heteroatoms. The Morgan fingerprint density at radius 2 is 1.88 bits per heavy atom. The first-order valence-corrected chi connectivity index (χ1v) is 8.30. The van der Waals surface area contributed by atoms with Crippen LogP contribution in [-0.4, -0.2) is 29.6 Å². The zero-order valence-electron chi connectivity index (χ0n) is 14.9. The molecule has 0 bridgehead atoms. The van der Waals surface area contributed by atoms with E-state index in [1.165, 1.54) is 6.92 Å². The highest BCUT2D eigenvalue weighted by Gasteiger charge is 2.41. The van der Waals surface area contributed by atoms with Crippen LogP contribution in [0.1, 0.15) is 25.1 Å². The number of fused-ring (bicyclic) bond motifs is 1. The second kappa shape index (κ2) is 7.49. The van der Waals surface area contributed by atoms with Crippen LogP contribution in [-0.2, 0) is 0 Å². The maximum Gasteiger partial charge on any atom is 0.391 e. The van der Waals surface area contributed by atoms with Gasteiger partial charge in [0, 0.05) is 23.0 Å². The van der Waals surface area contributed by atoms with Gasteiger partial charge in [0.05, 0.1) is 17.7 Å². The summed E-state index contributed by atoms with van der Waals surface area (Å²) in [6.45, 7) is 4.06. The summed E-state index contributed by atoms with van der Waals surface area (Å²) in [6, 6.07) is 6.11. The molecule has 0 saturated heterocycles. The van der Waals surface area contributed by atoms with Gasteiger partial charge < -0.3 is 16.5 Å². The summed E-state index contributed by atoms with van der Waals surface area (Å²) in [7, 11) is 0. The summed E-state index contributed by atoms with van der Waals surface area (Å²) < 4.78 is 38.9. The SMILES string of the molecule is Cc1c(C(N)=NC(CN)[C@H](C)[C@H](C)C(F)(F)F)[nH]c2ccccc2c1=O. The second-order valence-electron chi connectivity index (χ2n) is 6.51. The van der Waals surface area contributed by atoms with Gasteiger partial charge >= 0.3 is 6.18 Å². The van der Waals surface area contributed by atoms with Crippen LogP contribution in [0.15, 0.2) is 34.1 Å². The number of aromatic amines is 1. The number of benzene rings is 1. The number of amidine groups is 1. The number of alkyl halides is 3. The Balaban J connectivity index is 2.46. The van der Waals surface area contributed by atoms with Gasteiger partial charge in [-0.1, -0.05) is 26.0 Å². The van der Waals surface area contributed by atoms with Gasteiger partial charge in [0.25, 0.3) is 0 Å². The molecule has 5 nitrogen and oxygen atoms in total. The van der Waals surface area contributed by atoms with Crippen LogP contribution in [0.2, 0.25) is 0 Å². The summed E-state index contributed by atoms with van der Waals surface area (Å²) in [5.74, 6) is -2.46. The number of nitrogens with zero attached hydrogens (tertiary/aromatic N) is 1. The quantitative estimate of drug-likeness (QED) is 0.559. The molecule has 0 fully saturated rings. The molecule has 1 heterocycles. The van der Waals surface area contributed by atoms with Crippen LogP contribution < -0.4 is 16.9 Å². The van der Waals surface area contributed by atoms with Crippen LogP contribution in [0.4, 0.5) is 13.2 Å². The van der Waals surface area contributed by atoms with Crippen molar-refractivity contribution in [3.63, 3.8) is 0 Å². The number of nitrogens with one attached hydrogen (secondary N) is 1. The van der Waals surface area contributed by atoms with Gasteiger partial charge in [-0.25, -0.2) is 0 Å². The molecular formula is C18H23F3N4O. The molecule has 5 N–H and O–H groups in total. The minimum atomic E-state index is -4.34. The number of halogens is 3. The number of aliphatic imine (C=N–C) groups is 1. The highest BCUT2D eigenvalue weighted by atomic mass is 19.4. The third-order valence-corrected chi connectivity index (χ3v) is 4.86. The lowest BCUT2D eigenvalue weighted by atomic mass is 9.88. The lowest BCUT2D eigenvalue weighted by Gasteiger charge is -2.27. The molecule has 0 spiro atoms. The zero-order chi connectivity index (χ0) is 19.6. The summed E-state index contributed by atoms with van der Waals surface area (Å²) in [5, 5.41) is 0.510. The lowest BCUT2D eigenvalue weighted by molar-refractivity contribution is -0.183. The van der Waals surface area contributed by atoms with E-state index in [2.05, 4.69) is 9.98 Å². The van der Waals surface area contributed by atoms with E-state index in [0.29, 0.717) is 22.2 Å². The van der Waals surface area contributed by atoms with Crippen molar-refractivity contribution in [2.24, 2.45) is 28.3 Å². The van der Waals surface area contributed by atoms with Gasteiger partial charge in [-0.3, -0.25) is 9.79 Å². The smallest absolute Gasteiger partial charge is 0.382 e. The van der Waals surface area contributed by atoms with Gasteiger partial charge in [-0.2, -0.15) is 13.2 Å². The van der Waals surface area contributed by atoms with Crippen LogP contribution in [0, 0.1) is 18.8 Å². The third kappa shape index (κ3) is 3.90. The van der Waals surface area contributed by atoms with Crippen molar-refractivity contribution in [2.75, 3.05) is 6.54 Å². The van der Waals surface area contributed by atoms with Gasteiger partial charge in [0.1, 0.15) is 5.84 Å². The standard InChI is InChI=1S/C18H23F3N4O/c1-9(11(3)18(19,20)21)14(8-22)25-17(23)15-10(2)16(26)12-6-4-5-7-13(12)24-15/h4-7,9,11,14H,8,22H2,1-3H3,(H2,23,25)(H,24,26)/t9-,11+,14?/m1/s1. The Morgan fingerprint density at radius 3 is 2.46 bits per heavy atom. The third-order valence-electron chi connectivity index (χ3n) is 4.86. The Labute approximate surface area is 149 Å².